The van der Waals surface area contributed by atoms with Crippen molar-refractivity contribution in [1.82, 2.24) is 15.1 Å². The van der Waals surface area contributed by atoms with Gasteiger partial charge < -0.3 is 19.9 Å². The molecule has 1 N–H and O–H groups in total. The van der Waals surface area contributed by atoms with Crippen LogP contribution in [-0.4, -0.2) is 66.7 Å². The molecule has 0 bridgehead atoms. The first-order valence-corrected chi connectivity index (χ1v) is 11.1. The molecule has 1 aromatic rings. The van der Waals surface area contributed by atoms with Crippen LogP contribution in [0.2, 0.25) is 0 Å². The molecule has 2 spiro atoms. The average molecular weight is 398 g/mol. The highest BCUT2D eigenvalue weighted by molar-refractivity contribution is 5.83. The van der Waals surface area contributed by atoms with Crippen molar-refractivity contribution in [2.45, 2.75) is 44.1 Å². The predicted molar refractivity (Wildman–Crippen MR) is 109 cm³/mol. The lowest BCUT2D eigenvalue weighted by atomic mass is 9.89. The van der Waals surface area contributed by atoms with Crippen LogP contribution < -0.4 is 5.32 Å². The maximum Gasteiger partial charge on any atom is 0.410 e. The van der Waals surface area contributed by atoms with E-state index in [1.165, 1.54) is 5.56 Å². The minimum Gasteiger partial charge on any atom is -0.441 e. The predicted octanol–water partition coefficient (Wildman–Crippen LogP) is 2.43. The maximum atomic E-state index is 13.0. The third kappa shape index (κ3) is 3.63. The average Bonchev–Trinajstić information content (AvgIpc) is 3.35. The second-order valence-corrected chi connectivity index (χ2v) is 9.40. The van der Waals surface area contributed by atoms with Gasteiger partial charge in [-0.05, 0) is 49.8 Å². The van der Waals surface area contributed by atoms with Crippen LogP contribution in [0.25, 0.3) is 0 Å². The monoisotopic (exact) mass is 397 g/mol. The quantitative estimate of drug-likeness (QED) is 0.848. The Labute approximate surface area is 172 Å². The van der Waals surface area contributed by atoms with Gasteiger partial charge in [-0.3, -0.25) is 4.79 Å². The lowest BCUT2D eigenvalue weighted by Crippen LogP contribution is -2.49. The molecule has 1 aromatic carbocycles. The van der Waals surface area contributed by atoms with Crippen LogP contribution in [0.5, 0.6) is 0 Å². The largest absolute Gasteiger partial charge is 0.441 e. The fourth-order valence-electron chi connectivity index (χ4n) is 5.56. The van der Waals surface area contributed by atoms with Crippen molar-refractivity contribution in [1.29, 1.82) is 0 Å². The van der Waals surface area contributed by atoms with Crippen molar-refractivity contribution < 1.29 is 14.3 Å². The number of nitrogens with one attached hydrogen (secondary N) is 1. The smallest absolute Gasteiger partial charge is 0.410 e. The van der Waals surface area contributed by atoms with Crippen LogP contribution in [0.4, 0.5) is 4.79 Å². The van der Waals surface area contributed by atoms with Gasteiger partial charge in [0, 0.05) is 38.4 Å². The van der Waals surface area contributed by atoms with Gasteiger partial charge in [0.05, 0.1) is 6.54 Å². The van der Waals surface area contributed by atoms with Crippen LogP contribution in [-0.2, 0) is 16.0 Å². The zero-order valence-corrected chi connectivity index (χ0v) is 17.1. The number of hydrogen-bond acceptors (Lipinski definition) is 4. The Balaban J connectivity index is 1.13. The van der Waals surface area contributed by atoms with E-state index in [4.69, 9.17) is 4.74 Å². The summed E-state index contributed by atoms with van der Waals surface area (Å²) >= 11 is 0. The van der Waals surface area contributed by atoms with Crippen molar-refractivity contribution in [2.75, 3.05) is 39.3 Å². The summed E-state index contributed by atoms with van der Waals surface area (Å²) in [6.07, 6.45) is 5.50. The normalized spacial score (nSPS) is 27.3. The summed E-state index contributed by atoms with van der Waals surface area (Å²) in [5.41, 5.74) is 1.12. The van der Waals surface area contributed by atoms with Gasteiger partial charge >= 0.3 is 6.09 Å². The molecule has 0 radical (unpaired) electrons. The second kappa shape index (κ2) is 7.31. The van der Waals surface area contributed by atoms with Gasteiger partial charge in [0.25, 0.3) is 0 Å². The highest BCUT2D eigenvalue weighted by atomic mass is 16.6. The van der Waals surface area contributed by atoms with Crippen molar-refractivity contribution in [3.63, 3.8) is 0 Å². The molecular weight excluding hydrogens is 366 g/mol. The molecule has 3 heterocycles. The highest BCUT2D eigenvalue weighted by Gasteiger charge is 2.59. The minimum absolute atomic E-state index is 0.198. The van der Waals surface area contributed by atoms with Gasteiger partial charge in [0.2, 0.25) is 5.91 Å². The zero-order valence-electron chi connectivity index (χ0n) is 17.1. The molecule has 1 aliphatic carbocycles. The first-order chi connectivity index (χ1) is 14.1. The molecule has 3 aliphatic heterocycles. The maximum absolute atomic E-state index is 13.0. The second-order valence-electron chi connectivity index (χ2n) is 9.40. The number of carbonyl (C=O) groups is 2. The van der Waals surface area contributed by atoms with Crippen LogP contribution >= 0.6 is 0 Å². The van der Waals surface area contributed by atoms with Crippen molar-refractivity contribution >= 4 is 12.0 Å². The van der Waals surface area contributed by atoms with E-state index < -0.39 is 5.60 Å². The molecule has 6 heteroatoms. The van der Waals surface area contributed by atoms with Crippen LogP contribution in [0.15, 0.2) is 30.3 Å². The van der Waals surface area contributed by atoms with Crippen LogP contribution in [0.1, 0.15) is 37.7 Å². The van der Waals surface area contributed by atoms with Crippen molar-refractivity contribution in [2.24, 2.45) is 11.3 Å². The summed E-state index contributed by atoms with van der Waals surface area (Å²) < 4.78 is 5.85. The topological polar surface area (TPSA) is 61.9 Å². The molecule has 0 unspecified atom stereocenters. The van der Waals surface area contributed by atoms with E-state index in [1.54, 1.807) is 0 Å². The molecule has 1 atom stereocenters. The molecular formula is C23H31N3O3. The fourth-order valence-corrected chi connectivity index (χ4v) is 5.56. The number of piperidine rings is 2. The Kier molecular flexibility index (Phi) is 4.77. The summed E-state index contributed by atoms with van der Waals surface area (Å²) in [6.45, 7) is 4.85. The van der Waals surface area contributed by atoms with Crippen molar-refractivity contribution in [3.8, 4) is 0 Å². The number of nitrogens with zero attached hydrogens (tertiary/aromatic N) is 2. The van der Waals surface area contributed by atoms with Gasteiger partial charge in [-0.25, -0.2) is 4.79 Å². The molecule has 2 amide bonds. The Bertz CT molecular complexity index is 767. The zero-order chi connectivity index (χ0) is 19.9. The molecule has 4 fully saturated rings. The first kappa shape index (κ1) is 18.9. The third-order valence-corrected chi connectivity index (χ3v) is 7.63. The molecule has 5 rings (SSSR count). The van der Waals surface area contributed by atoms with E-state index in [0.29, 0.717) is 32.1 Å². The van der Waals surface area contributed by atoms with Gasteiger partial charge in [-0.1, -0.05) is 30.3 Å². The van der Waals surface area contributed by atoms with E-state index in [1.807, 2.05) is 28.0 Å². The summed E-state index contributed by atoms with van der Waals surface area (Å²) in [5, 5.41) is 3.40. The lowest BCUT2D eigenvalue weighted by Gasteiger charge is -2.38. The molecule has 3 saturated heterocycles. The first-order valence-electron chi connectivity index (χ1n) is 11.1. The van der Waals surface area contributed by atoms with E-state index >= 15 is 0 Å². The van der Waals surface area contributed by atoms with E-state index in [2.05, 4.69) is 17.4 Å². The number of ether oxygens (including phenoxy) is 1. The Morgan fingerprint density at radius 3 is 2.55 bits per heavy atom. The number of benzene rings is 1. The lowest BCUT2D eigenvalue weighted by molar-refractivity contribution is -0.137. The number of carbonyl (C=O) groups excluding carboxylic acids is 2. The number of rotatable bonds is 4. The molecule has 1 saturated carbocycles. The van der Waals surface area contributed by atoms with Gasteiger partial charge in [-0.15, -0.1) is 0 Å². The van der Waals surface area contributed by atoms with Gasteiger partial charge in [0.1, 0.15) is 5.60 Å². The van der Waals surface area contributed by atoms with Gasteiger partial charge in [0.15, 0.2) is 0 Å². The summed E-state index contributed by atoms with van der Waals surface area (Å²) in [7, 11) is 0. The van der Waals surface area contributed by atoms with E-state index in [-0.39, 0.29) is 17.4 Å². The third-order valence-electron chi connectivity index (χ3n) is 7.63. The molecule has 0 aromatic heterocycles. The summed E-state index contributed by atoms with van der Waals surface area (Å²) in [5.74, 6) is 0.569. The summed E-state index contributed by atoms with van der Waals surface area (Å²) in [4.78, 5) is 29.3. The van der Waals surface area contributed by atoms with Crippen LogP contribution in [0, 0.1) is 11.3 Å². The van der Waals surface area contributed by atoms with Crippen LogP contribution in [0.3, 0.4) is 0 Å². The Hall–Kier alpha value is -2.08. The molecule has 29 heavy (non-hydrogen) atoms. The molecule has 4 aliphatic rings. The van der Waals surface area contributed by atoms with E-state index in [0.717, 1.165) is 51.6 Å². The molecule has 6 nitrogen and oxygen atoms in total. The number of likely N-dealkylation sites (tertiary alicyclic amines) is 1. The number of hydrogen-bond donors (Lipinski definition) is 1. The van der Waals surface area contributed by atoms with E-state index in [9.17, 15) is 9.59 Å². The van der Waals surface area contributed by atoms with Crippen molar-refractivity contribution in [3.05, 3.63) is 35.9 Å². The fraction of sp³-hybridized carbons (Fsp3) is 0.652. The Morgan fingerprint density at radius 1 is 1.10 bits per heavy atom. The standard InChI is InChI=1S/C23H31N3O3/c27-20(19-16-22(19)7-11-24-12-8-22)25-14-9-23(10-15-25)17-26(21(28)29-23)13-6-18-4-2-1-3-5-18/h1-5,19,24H,6-17H2/t19-/m0/s1. The number of amides is 2. The van der Waals surface area contributed by atoms with Gasteiger partial charge in [-0.2, -0.15) is 0 Å². The minimum atomic E-state index is -0.402. The highest BCUT2D eigenvalue weighted by Crippen LogP contribution is 2.59. The SMILES string of the molecule is O=C1OC2(CCN(C(=O)[C@@H]3CC34CCNCC4)CC2)CN1CCc1ccccc1. The summed E-state index contributed by atoms with van der Waals surface area (Å²) in [6, 6.07) is 10.2. The Morgan fingerprint density at radius 2 is 1.83 bits per heavy atom. The molecule has 156 valence electrons.